The van der Waals surface area contributed by atoms with Crippen molar-refractivity contribution in [1.29, 1.82) is 0 Å². The van der Waals surface area contributed by atoms with Gasteiger partial charge in [-0.15, -0.1) is 0 Å². The molecule has 0 aromatic rings. The van der Waals surface area contributed by atoms with Crippen molar-refractivity contribution < 1.29 is 24.0 Å². The van der Waals surface area contributed by atoms with E-state index in [-0.39, 0.29) is 51.3 Å². The maximum atomic E-state index is 11.9. The second kappa shape index (κ2) is 33.2. The van der Waals surface area contributed by atoms with E-state index in [0.717, 1.165) is 121 Å². The van der Waals surface area contributed by atoms with Gasteiger partial charge >= 0.3 is 0 Å². The number of piperidine rings is 2. The molecule has 12 aliphatic rings. The first-order chi connectivity index (χ1) is 46.4. The molecule has 0 aromatic carbocycles. The van der Waals surface area contributed by atoms with Gasteiger partial charge in [0.05, 0.1) is 0 Å². The summed E-state index contributed by atoms with van der Waals surface area (Å²) in [7, 11) is 0. The Balaban J connectivity index is 0.000000169. The summed E-state index contributed by atoms with van der Waals surface area (Å²) in [6.45, 7) is 87.4. The lowest BCUT2D eigenvalue weighted by atomic mass is 9.79. The van der Waals surface area contributed by atoms with Crippen molar-refractivity contribution >= 4 is 29.5 Å². The van der Waals surface area contributed by atoms with E-state index in [9.17, 15) is 24.0 Å². The van der Waals surface area contributed by atoms with E-state index in [2.05, 4.69) is 203 Å². The quantitative estimate of drug-likeness (QED) is 0.178. The summed E-state index contributed by atoms with van der Waals surface area (Å²) in [5, 5.41) is 0. The van der Waals surface area contributed by atoms with Gasteiger partial charge in [0.1, 0.15) is 0 Å². The molecule has 5 amide bonds. The number of likely N-dealkylation sites (tertiary alicyclic amines) is 12. The van der Waals surface area contributed by atoms with Crippen molar-refractivity contribution in [1.82, 2.24) is 58.8 Å². The lowest BCUT2D eigenvalue weighted by Crippen LogP contribution is -2.54. The van der Waals surface area contributed by atoms with Crippen LogP contribution in [0.15, 0.2) is 75.6 Å². The molecular formula is C83H144N12O5. The molecule has 100 heavy (non-hydrogen) atoms. The number of hydrogen-bond acceptors (Lipinski definition) is 12. The number of nitrogens with zero attached hydrogens (tertiary/aromatic N) is 12. The topological polar surface area (TPSA) is 124 Å². The second-order valence-corrected chi connectivity index (χ2v) is 38.0. The van der Waals surface area contributed by atoms with Gasteiger partial charge in [-0.1, -0.05) is 46.4 Å². The highest BCUT2D eigenvalue weighted by Gasteiger charge is 2.51. The van der Waals surface area contributed by atoms with Crippen LogP contribution in [0.25, 0.3) is 0 Å². The lowest BCUT2D eigenvalue weighted by Gasteiger charge is -2.43. The lowest BCUT2D eigenvalue weighted by molar-refractivity contribution is -0.134. The van der Waals surface area contributed by atoms with Crippen LogP contribution in [0.3, 0.4) is 0 Å². The predicted octanol–water partition coefficient (Wildman–Crippen LogP) is 11.7. The smallest absolute Gasteiger partial charge is 0.246 e. The van der Waals surface area contributed by atoms with Crippen molar-refractivity contribution in [2.45, 2.75) is 247 Å². The molecule has 2 spiro atoms. The average Bonchev–Trinajstić information content (AvgIpc) is 1.64. The summed E-state index contributed by atoms with van der Waals surface area (Å²) in [6, 6.07) is 1.53. The van der Waals surface area contributed by atoms with E-state index in [0.29, 0.717) is 58.7 Å². The molecule has 17 heteroatoms. The minimum atomic E-state index is 0.0864. The summed E-state index contributed by atoms with van der Waals surface area (Å²) in [4.78, 5) is 86.3. The van der Waals surface area contributed by atoms with Crippen molar-refractivity contribution in [2.75, 3.05) is 137 Å². The van der Waals surface area contributed by atoms with Crippen LogP contribution in [0.5, 0.6) is 0 Å². The minimum absolute atomic E-state index is 0.0864. The van der Waals surface area contributed by atoms with Crippen molar-refractivity contribution in [3.63, 3.8) is 0 Å². The Morgan fingerprint density at radius 3 is 1.23 bits per heavy atom. The summed E-state index contributed by atoms with van der Waals surface area (Å²) >= 11 is 0. The number of allylic oxidation sites excluding steroid dienone is 1. The molecule has 566 valence electrons. The average molecular weight is 1390 g/mol. The van der Waals surface area contributed by atoms with Gasteiger partial charge in [0.2, 0.25) is 29.5 Å². The third kappa shape index (κ3) is 20.7. The second-order valence-electron chi connectivity index (χ2n) is 38.0. The van der Waals surface area contributed by atoms with Crippen LogP contribution in [-0.2, 0) is 24.0 Å². The van der Waals surface area contributed by atoms with E-state index in [1.807, 2.05) is 32.6 Å². The number of carbonyl (C=O) groups excluding carboxylic acids is 5. The molecule has 17 nitrogen and oxygen atoms in total. The molecule has 0 radical (unpaired) electrons. The van der Waals surface area contributed by atoms with Crippen molar-refractivity contribution in [3.8, 4) is 0 Å². The molecule has 12 saturated heterocycles. The van der Waals surface area contributed by atoms with Gasteiger partial charge in [-0.3, -0.25) is 53.4 Å². The summed E-state index contributed by atoms with van der Waals surface area (Å²) in [5.41, 5.74) is 3.31. The Bertz CT molecular complexity index is 2850. The zero-order valence-corrected chi connectivity index (χ0v) is 67.1. The number of amides is 5. The van der Waals surface area contributed by atoms with E-state index in [4.69, 9.17) is 0 Å². The maximum Gasteiger partial charge on any atom is 0.246 e. The molecular weight excluding hydrogens is 1240 g/mol. The molecule has 12 heterocycles. The fraction of sp³-hybridized carbons (Fsp3) is 0.795. The molecule has 10 unspecified atom stereocenters. The highest BCUT2D eigenvalue weighted by molar-refractivity contribution is 5.88. The maximum absolute atomic E-state index is 11.9. The molecule has 0 aliphatic carbocycles. The summed E-state index contributed by atoms with van der Waals surface area (Å²) in [6.07, 6.45) is 19.2. The molecule has 12 fully saturated rings. The monoisotopic (exact) mass is 1390 g/mol. The van der Waals surface area contributed by atoms with Crippen LogP contribution < -0.4 is 0 Å². The standard InChI is InChI=1S/C15H28N2O.2C14H24N2O.C14H24N2.2C13H22N2O/c1-5-13(18)16-9-6-7-15(11-16)8-10-17(12-15)14(2,3)4;1-5-12(17)15-8-6-14(10-15)7-9-16(11-14)13(2,3)4;1-5-13(17)15-8-6-11-7-9-16(12(11)10-15)14(2,3)4;1-6-11(2)15-7-12-9-16(14(3,4)5)10-13(12)8-15;1-5-12(16)15-7-6-10-8-14(9-11(10)15)13(2,3)4;1-5-12(16)14-8-10-6-7-15(11(10)9-14)13(2,3)4/h5-12H2,1-4H3;5H,1,6-11H2,2-4H3;5,11-12H,1,6-10H2,2-4H3;6,12-13H,1-2,7-10H2,3-5H3;2*5,10-11H,1,6-9H2,2-4H3. The Hall–Kier alpha value is -4.65. The van der Waals surface area contributed by atoms with Crippen LogP contribution >= 0.6 is 0 Å². The Labute approximate surface area is 609 Å². The van der Waals surface area contributed by atoms with Crippen LogP contribution in [0.1, 0.15) is 196 Å². The van der Waals surface area contributed by atoms with Gasteiger partial charge in [-0.25, -0.2) is 0 Å². The SMILES string of the molecule is C=CC(=C)N1CC2CN(C(C)(C)C)CC2C1.C=CC(=O)N1CC2CCN(C(C)(C)C)C2C1.C=CC(=O)N1CCC2(CCN(C(C)(C)C)C2)C1.C=CC(=O)N1CCC2CCN(C(C)(C)C)C2C1.C=CC(=O)N1CCC2CN(C(C)(C)C)CC21.CCC(=O)N1CCCC2(CCN(C(C)(C)C)C2)C1. The van der Waals surface area contributed by atoms with Gasteiger partial charge < -0.3 is 29.4 Å². The van der Waals surface area contributed by atoms with Gasteiger partial charge in [0, 0.05) is 186 Å². The number of fused-ring (bicyclic) bond motifs is 4. The predicted molar refractivity (Wildman–Crippen MR) is 413 cm³/mol. The number of hydrogen-bond donors (Lipinski definition) is 0. The fourth-order valence-corrected chi connectivity index (χ4v) is 18.8. The van der Waals surface area contributed by atoms with Crippen LogP contribution in [0.4, 0.5) is 0 Å². The first kappa shape index (κ1) is 82.6. The summed E-state index contributed by atoms with van der Waals surface area (Å²) in [5.74, 6) is 4.48. The molecule has 0 saturated carbocycles. The first-order valence-electron chi connectivity index (χ1n) is 39.0. The van der Waals surface area contributed by atoms with Gasteiger partial charge in [-0.2, -0.15) is 0 Å². The van der Waals surface area contributed by atoms with E-state index in [1.165, 1.54) is 122 Å². The molecule has 0 bridgehead atoms. The summed E-state index contributed by atoms with van der Waals surface area (Å²) < 4.78 is 0. The molecule has 12 rings (SSSR count). The Kier molecular flexibility index (Phi) is 27.4. The molecule has 12 aliphatic heterocycles. The molecule has 10 atom stereocenters. The third-order valence-corrected chi connectivity index (χ3v) is 25.2. The van der Waals surface area contributed by atoms with E-state index in [1.54, 1.807) is 0 Å². The van der Waals surface area contributed by atoms with Gasteiger partial charge in [-0.05, 0) is 269 Å². The molecule has 0 aromatic heterocycles. The third-order valence-electron chi connectivity index (χ3n) is 25.2. The van der Waals surface area contributed by atoms with Crippen LogP contribution in [-0.4, -0.2) is 277 Å². The Morgan fingerprint density at radius 1 is 0.350 bits per heavy atom. The fourth-order valence-electron chi connectivity index (χ4n) is 18.8. The normalized spacial score (nSPS) is 30.4. The number of carbonyl (C=O) groups is 5. The van der Waals surface area contributed by atoms with Crippen molar-refractivity contribution in [2.24, 2.45) is 40.4 Å². The van der Waals surface area contributed by atoms with E-state index >= 15 is 0 Å². The van der Waals surface area contributed by atoms with E-state index < -0.39 is 0 Å². The minimum Gasteiger partial charge on any atom is -0.371 e. The Morgan fingerprint density at radius 2 is 0.750 bits per heavy atom. The highest BCUT2D eigenvalue weighted by Crippen LogP contribution is 2.45. The zero-order chi connectivity index (χ0) is 74.5. The highest BCUT2D eigenvalue weighted by atomic mass is 16.2. The molecule has 0 N–H and O–H groups in total. The first-order valence-corrected chi connectivity index (χ1v) is 39.0. The number of rotatable bonds is 7. The van der Waals surface area contributed by atoms with Crippen LogP contribution in [0.2, 0.25) is 0 Å². The van der Waals surface area contributed by atoms with Crippen molar-refractivity contribution in [3.05, 3.63) is 75.6 Å². The largest absolute Gasteiger partial charge is 0.371 e. The van der Waals surface area contributed by atoms with Gasteiger partial charge in [0.25, 0.3) is 0 Å². The van der Waals surface area contributed by atoms with Gasteiger partial charge in [0.15, 0.2) is 0 Å². The zero-order valence-electron chi connectivity index (χ0n) is 67.1. The van der Waals surface area contributed by atoms with Crippen LogP contribution in [0, 0.1) is 40.4 Å².